The zero-order chi connectivity index (χ0) is 20.2. The summed E-state index contributed by atoms with van der Waals surface area (Å²) < 4.78 is 83.5. The number of hydrogen-bond donors (Lipinski definition) is 1. The SMILES string of the molecule is CCC(C)(CC(O)(C(F)(F)F)C(F)(F)F)C(=O)OC1(C)CC2CCC1C2. The van der Waals surface area contributed by atoms with E-state index in [1.54, 1.807) is 6.92 Å². The fourth-order valence-electron chi connectivity index (χ4n) is 4.28. The van der Waals surface area contributed by atoms with Crippen LogP contribution in [0, 0.1) is 17.3 Å². The first-order chi connectivity index (χ1) is 11.6. The third-order valence-corrected chi connectivity index (χ3v) is 6.28. The lowest BCUT2D eigenvalue weighted by atomic mass is 9.75. The maximum absolute atomic E-state index is 13.0. The van der Waals surface area contributed by atoms with E-state index in [0.717, 1.165) is 26.2 Å². The molecule has 2 aliphatic carbocycles. The molecular weight excluding hydrogens is 366 g/mol. The van der Waals surface area contributed by atoms with Crippen molar-refractivity contribution in [3.63, 3.8) is 0 Å². The minimum atomic E-state index is -5.96. The van der Waals surface area contributed by atoms with Gasteiger partial charge in [0.1, 0.15) is 5.60 Å². The first-order valence-corrected chi connectivity index (χ1v) is 8.67. The molecule has 152 valence electrons. The van der Waals surface area contributed by atoms with Crippen molar-refractivity contribution in [1.82, 2.24) is 0 Å². The van der Waals surface area contributed by atoms with Crippen LogP contribution in [0.5, 0.6) is 0 Å². The summed E-state index contributed by atoms with van der Waals surface area (Å²) in [5, 5.41) is 9.47. The monoisotopic (exact) mass is 390 g/mol. The first kappa shape index (κ1) is 21.3. The van der Waals surface area contributed by atoms with Crippen LogP contribution >= 0.6 is 0 Å². The van der Waals surface area contributed by atoms with Gasteiger partial charge in [0, 0.05) is 6.42 Å². The number of fused-ring (bicyclic) bond motifs is 2. The average Bonchev–Trinajstić information content (AvgIpc) is 3.04. The standard InChI is InChI=1S/C17H24F6O3/c1-4-13(2,9-15(25,16(18,19)20)17(21,22)23)12(24)26-14(3)8-10-5-6-11(14)7-10/h10-11,25H,4-9H2,1-3H3. The van der Waals surface area contributed by atoms with Gasteiger partial charge in [-0.15, -0.1) is 0 Å². The van der Waals surface area contributed by atoms with Crippen LogP contribution in [-0.2, 0) is 9.53 Å². The zero-order valence-electron chi connectivity index (χ0n) is 14.9. The third kappa shape index (κ3) is 3.43. The predicted molar refractivity (Wildman–Crippen MR) is 80.0 cm³/mol. The second-order valence-corrected chi connectivity index (χ2v) is 8.23. The highest BCUT2D eigenvalue weighted by atomic mass is 19.4. The van der Waals surface area contributed by atoms with E-state index in [2.05, 4.69) is 0 Å². The molecule has 9 heteroatoms. The summed E-state index contributed by atoms with van der Waals surface area (Å²) in [5.74, 6) is -0.684. The molecule has 0 aromatic carbocycles. The summed E-state index contributed by atoms with van der Waals surface area (Å²) in [6.45, 7) is 3.97. The predicted octanol–water partition coefficient (Wildman–Crippen LogP) is 4.77. The molecule has 0 radical (unpaired) electrons. The van der Waals surface area contributed by atoms with E-state index in [1.807, 2.05) is 0 Å². The normalized spacial score (nSPS) is 31.8. The molecule has 0 saturated heterocycles. The Kier molecular flexibility index (Phi) is 5.14. The van der Waals surface area contributed by atoms with Crippen LogP contribution in [0.25, 0.3) is 0 Å². The van der Waals surface area contributed by atoms with Crippen LogP contribution in [-0.4, -0.2) is 34.6 Å². The van der Waals surface area contributed by atoms with Crippen LogP contribution in [0.3, 0.4) is 0 Å². The minimum Gasteiger partial charge on any atom is -0.459 e. The largest absolute Gasteiger partial charge is 0.459 e. The molecule has 0 aromatic heterocycles. The Balaban J connectivity index is 2.25. The van der Waals surface area contributed by atoms with E-state index >= 15 is 0 Å². The maximum atomic E-state index is 13.0. The molecule has 0 aromatic rings. The summed E-state index contributed by atoms with van der Waals surface area (Å²) in [5.41, 5.74) is -7.96. The second kappa shape index (κ2) is 6.27. The summed E-state index contributed by atoms with van der Waals surface area (Å²) in [6, 6.07) is 0. The van der Waals surface area contributed by atoms with Gasteiger partial charge in [-0.05, 0) is 57.8 Å². The molecule has 0 amide bonds. The summed E-state index contributed by atoms with van der Waals surface area (Å²) in [6.07, 6.45) is -10.8. The lowest BCUT2D eigenvalue weighted by molar-refractivity contribution is -0.375. The van der Waals surface area contributed by atoms with Crippen molar-refractivity contribution >= 4 is 5.97 Å². The van der Waals surface area contributed by atoms with E-state index in [1.165, 1.54) is 6.92 Å². The molecule has 2 rings (SSSR count). The van der Waals surface area contributed by atoms with E-state index < -0.39 is 41.4 Å². The van der Waals surface area contributed by atoms with Gasteiger partial charge in [0.05, 0.1) is 5.41 Å². The van der Waals surface area contributed by atoms with Gasteiger partial charge in [0.25, 0.3) is 5.60 Å². The van der Waals surface area contributed by atoms with Gasteiger partial charge < -0.3 is 9.84 Å². The number of halogens is 6. The molecule has 0 heterocycles. The zero-order valence-corrected chi connectivity index (χ0v) is 14.9. The summed E-state index contributed by atoms with van der Waals surface area (Å²) in [4.78, 5) is 12.6. The topological polar surface area (TPSA) is 46.5 Å². The fraction of sp³-hybridized carbons (Fsp3) is 0.941. The number of hydrogen-bond acceptors (Lipinski definition) is 3. The van der Waals surface area contributed by atoms with Crippen molar-refractivity contribution in [2.24, 2.45) is 17.3 Å². The molecule has 1 N–H and O–H groups in total. The van der Waals surface area contributed by atoms with Crippen molar-refractivity contribution in [2.45, 2.75) is 82.9 Å². The van der Waals surface area contributed by atoms with Crippen molar-refractivity contribution in [3.05, 3.63) is 0 Å². The lowest BCUT2D eigenvalue weighted by Crippen LogP contribution is -2.60. The Morgan fingerprint density at radius 3 is 2.04 bits per heavy atom. The van der Waals surface area contributed by atoms with Crippen molar-refractivity contribution in [2.75, 3.05) is 0 Å². The highest BCUT2D eigenvalue weighted by molar-refractivity contribution is 5.77. The van der Waals surface area contributed by atoms with Crippen molar-refractivity contribution < 1.29 is 41.0 Å². The molecular formula is C17H24F6O3. The third-order valence-electron chi connectivity index (χ3n) is 6.28. The molecule has 2 saturated carbocycles. The Morgan fingerprint density at radius 1 is 1.15 bits per heavy atom. The molecule has 4 unspecified atom stereocenters. The van der Waals surface area contributed by atoms with Crippen LogP contribution in [0.4, 0.5) is 26.3 Å². The molecule has 0 spiro atoms. The minimum absolute atomic E-state index is 0.0710. The molecule has 2 fully saturated rings. The summed E-state index contributed by atoms with van der Waals surface area (Å²) in [7, 11) is 0. The van der Waals surface area contributed by atoms with E-state index in [0.29, 0.717) is 12.3 Å². The lowest BCUT2D eigenvalue weighted by Gasteiger charge is -2.41. The van der Waals surface area contributed by atoms with Crippen LogP contribution in [0.15, 0.2) is 0 Å². The average molecular weight is 390 g/mol. The van der Waals surface area contributed by atoms with Crippen LogP contribution in [0.1, 0.15) is 59.3 Å². The quantitative estimate of drug-likeness (QED) is 0.543. The number of esters is 1. The van der Waals surface area contributed by atoms with E-state index in [-0.39, 0.29) is 12.3 Å². The number of alkyl halides is 6. The number of carbonyl (C=O) groups excluding carboxylic acids is 1. The molecule has 2 bridgehead atoms. The number of carbonyl (C=O) groups is 1. The molecule has 3 nitrogen and oxygen atoms in total. The van der Waals surface area contributed by atoms with Crippen molar-refractivity contribution in [3.8, 4) is 0 Å². The van der Waals surface area contributed by atoms with Gasteiger partial charge >= 0.3 is 18.3 Å². The first-order valence-electron chi connectivity index (χ1n) is 8.67. The number of ether oxygens (including phenoxy) is 1. The highest BCUT2D eigenvalue weighted by Crippen LogP contribution is 2.54. The second-order valence-electron chi connectivity index (χ2n) is 8.23. The van der Waals surface area contributed by atoms with Crippen molar-refractivity contribution in [1.29, 1.82) is 0 Å². The molecule has 2 aliphatic rings. The maximum Gasteiger partial charge on any atom is 0.426 e. The summed E-state index contributed by atoms with van der Waals surface area (Å²) >= 11 is 0. The van der Waals surface area contributed by atoms with Crippen LogP contribution < -0.4 is 0 Å². The Bertz CT molecular complexity index is 544. The van der Waals surface area contributed by atoms with Gasteiger partial charge in [-0.3, -0.25) is 4.79 Å². The van der Waals surface area contributed by atoms with E-state index in [9.17, 15) is 36.2 Å². The van der Waals surface area contributed by atoms with Crippen LogP contribution in [0.2, 0.25) is 0 Å². The van der Waals surface area contributed by atoms with Gasteiger partial charge in [-0.1, -0.05) is 6.92 Å². The van der Waals surface area contributed by atoms with Gasteiger partial charge in [-0.2, -0.15) is 26.3 Å². The molecule has 0 aliphatic heterocycles. The Hall–Kier alpha value is -0.990. The Morgan fingerprint density at radius 2 is 1.69 bits per heavy atom. The Labute approximate surface area is 148 Å². The fourth-order valence-corrected chi connectivity index (χ4v) is 4.28. The van der Waals surface area contributed by atoms with Gasteiger partial charge in [0.2, 0.25) is 0 Å². The van der Waals surface area contributed by atoms with Gasteiger partial charge in [-0.25, -0.2) is 0 Å². The highest BCUT2D eigenvalue weighted by Gasteiger charge is 2.72. The molecule has 4 atom stereocenters. The van der Waals surface area contributed by atoms with Gasteiger partial charge in [0.15, 0.2) is 0 Å². The smallest absolute Gasteiger partial charge is 0.426 e. The van der Waals surface area contributed by atoms with E-state index in [4.69, 9.17) is 4.74 Å². The number of rotatable bonds is 5. The number of aliphatic hydroxyl groups is 1. The molecule has 26 heavy (non-hydrogen) atoms.